The quantitative estimate of drug-likeness (QED) is 0.111. The summed E-state index contributed by atoms with van der Waals surface area (Å²) in [6, 6.07) is 68.0. The standard InChI is InChI=1S/C62H52BN3/c1-8-16-43(9-2)53-21-14-15-22-56(53)66-58-34-28-48(62(5,6)7)38-55(58)63-54-35-42(4)25-33-57(54)65(49-29-23-41(3)24-30-49)59-39-52(40-60(66)61(59)63)64(50-31-26-44-17-10-12-19-46(44)36-50)51-32-27-45-18-11-13-20-47(45)37-51/h8-40H,1-2H2,3-7H3/b43-16+. The number of benzene rings is 9. The number of hydrogen-bond donors (Lipinski definition) is 0. The fourth-order valence-corrected chi connectivity index (χ4v) is 10.3. The van der Waals surface area contributed by atoms with Crippen molar-refractivity contribution in [3.05, 3.63) is 236 Å². The largest absolute Gasteiger partial charge is 0.311 e. The van der Waals surface area contributed by atoms with Crippen LogP contribution in [-0.4, -0.2) is 6.71 Å². The van der Waals surface area contributed by atoms with Gasteiger partial charge in [-0.25, -0.2) is 0 Å². The van der Waals surface area contributed by atoms with E-state index >= 15 is 0 Å². The number of rotatable bonds is 8. The zero-order valence-corrected chi connectivity index (χ0v) is 38.4. The number of allylic oxidation sites excluding steroid dienone is 4. The summed E-state index contributed by atoms with van der Waals surface area (Å²) in [6.45, 7) is 19.7. The molecule has 0 aromatic heterocycles. The Kier molecular flexibility index (Phi) is 9.93. The van der Waals surface area contributed by atoms with Crippen molar-refractivity contribution in [2.24, 2.45) is 0 Å². The second kappa shape index (κ2) is 16.0. The molecule has 9 aromatic rings. The van der Waals surface area contributed by atoms with Crippen LogP contribution in [0, 0.1) is 13.8 Å². The minimum atomic E-state index is -0.0638. The molecule has 0 radical (unpaired) electrons. The SMILES string of the molecule is C=C/C=C(\C=C)c1ccccc1N1c2ccc(C(C)(C)C)cc2B2c3cc(C)ccc3N(c3ccc(C)cc3)c3cc(N(c4ccc5ccccc5c4)c4ccc5ccccc5c4)cc1c32. The number of fused-ring (bicyclic) bond motifs is 6. The molecule has 0 bridgehead atoms. The third-order valence-electron chi connectivity index (χ3n) is 13.6. The van der Waals surface area contributed by atoms with Crippen molar-refractivity contribution >= 4 is 101 Å². The van der Waals surface area contributed by atoms with E-state index in [9.17, 15) is 0 Å². The van der Waals surface area contributed by atoms with E-state index < -0.39 is 0 Å². The summed E-state index contributed by atoms with van der Waals surface area (Å²) >= 11 is 0. The molecule has 2 heterocycles. The Morgan fingerprint density at radius 1 is 0.500 bits per heavy atom. The van der Waals surface area contributed by atoms with Gasteiger partial charge in [-0.15, -0.1) is 0 Å². The monoisotopic (exact) mass is 849 g/mol. The van der Waals surface area contributed by atoms with Gasteiger partial charge in [0.05, 0.1) is 11.4 Å². The first-order valence-corrected chi connectivity index (χ1v) is 23.0. The van der Waals surface area contributed by atoms with Crippen molar-refractivity contribution < 1.29 is 0 Å². The Bertz CT molecular complexity index is 3360. The van der Waals surface area contributed by atoms with Crippen LogP contribution in [0.15, 0.2) is 213 Å². The summed E-state index contributed by atoms with van der Waals surface area (Å²) in [5.74, 6) is 0. The predicted octanol–water partition coefficient (Wildman–Crippen LogP) is 15.2. The van der Waals surface area contributed by atoms with Gasteiger partial charge in [0.2, 0.25) is 0 Å². The fourth-order valence-electron chi connectivity index (χ4n) is 10.3. The van der Waals surface area contributed by atoms with Crippen molar-refractivity contribution in [2.75, 3.05) is 14.7 Å². The van der Waals surface area contributed by atoms with E-state index in [-0.39, 0.29) is 12.1 Å². The maximum absolute atomic E-state index is 4.30. The molecule has 0 saturated heterocycles. The molecule has 0 atom stereocenters. The van der Waals surface area contributed by atoms with Gasteiger partial charge < -0.3 is 14.7 Å². The molecule has 0 unspecified atom stereocenters. The van der Waals surface area contributed by atoms with Crippen LogP contribution in [0.5, 0.6) is 0 Å². The second-order valence-corrected chi connectivity index (χ2v) is 18.9. The molecule has 3 nitrogen and oxygen atoms in total. The minimum Gasteiger partial charge on any atom is -0.311 e. The van der Waals surface area contributed by atoms with Gasteiger partial charge in [0, 0.05) is 45.4 Å². The summed E-state index contributed by atoms with van der Waals surface area (Å²) in [5, 5.41) is 4.80. The second-order valence-electron chi connectivity index (χ2n) is 18.9. The normalized spacial score (nSPS) is 13.0. The van der Waals surface area contributed by atoms with Gasteiger partial charge >= 0.3 is 0 Å². The van der Waals surface area contributed by atoms with Gasteiger partial charge in [0.15, 0.2) is 0 Å². The Balaban J connectivity index is 1.30. The fraction of sp³-hybridized carbons (Fsp3) is 0.0968. The van der Waals surface area contributed by atoms with E-state index in [1.54, 1.807) is 0 Å². The molecule has 2 aliphatic rings. The molecule has 0 aliphatic carbocycles. The van der Waals surface area contributed by atoms with Crippen molar-refractivity contribution in [3.8, 4) is 0 Å². The first-order valence-electron chi connectivity index (χ1n) is 23.0. The highest BCUT2D eigenvalue weighted by Crippen LogP contribution is 2.50. The third kappa shape index (κ3) is 6.84. The lowest BCUT2D eigenvalue weighted by Crippen LogP contribution is -2.61. The van der Waals surface area contributed by atoms with E-state index in [4.69, 9.17) is 0 Å². The minimum absolute atomic E-state index is 0.0428. The van der Waals surface area contributed by atoms with Crippen LogP contribution in [0.25, 0.3) is 27.1 Å². The maximum Gasteiger partial charge on any atom is 0.252 e. The van der Waals surface area contributed by atoms with Gasteiger partial charge in [-0.3, -0.25) is 0 Å². The molecule has 0 N–H and O–H groups in total. The van der Waals surface area contributed by atoms with Gasteiger partial charge in [-0.05, 0) is 135 Å². The van der Waals surface area contributed by atoms with E-state index in [0.29, 0.717) is 0 Å². The molecule has 66 heavy (non-hydrogen) atoms. The van der Waals surface area contributed by atoms with Crippen LogP contribution < -0.4 is 31.1 Å². The maximum atomic E-state index is 4.30. The summed E-state index contributed by atoms with van der Waals surface area (Å²) in [7, 11) is 0. The molecule has 11 rings (SSSR count). The molecule has 0 fully saturated rings. The van der Waals surface area contributed by atoms with Crippen LogP contribution in [0.2, 0.25) is 0 Å². The first-order chi connectivity index (χ1) is 32.1. The van der Waals surface area contributed by atoms with Crippen LogP contribution in [0.4, 0.5) is 51.2 Å². The molecule has 0 amide bonds. The number of anilines is 9. The summed E-state index contributed by atoms with van der Waals surface area (Å²) in [5.41, 5.74) is 19.7. The van der Waals surface area contributed by atoms with Gasteiger partial charge in [0.25, 0.3) is 6.71 Å². The van der Waals surface area contributed by atoms with Crippen molar-refractivity contribution in [3.63, 3.8) is 0 Å². The van der Waals surface area contributed by atoms with Gasteiger partial charge in [-0.2, -0.15) is 0 Å². The number of nitrogens with zero attached hydrogens (tertiary/aromatic N) is 3. The molecule has 2 aliphatic heterocycles. The molecule has 318 valence electrons. The van der Waals surface area contributed by atoms with E-state index in [1.165, 1.54) is 60.3 Å². The summed E-state index contributed by atoms with van der Waals surface area (Å²) in [4.78, 5) is 7.50. The van der Waals surface area contributed by atoms with Crippen LogP contribution >= 0.6 is 0 Å². The van der Waals surface area contributed by atoms with Gasteiger partial charge in [-0.1, -0.05) is 179 Å². The van der Waals surface area contributed by atoms with Crippen molar-refractivity contribution in [1.82, 2.24) is 0 Å². The topological polar surface area (TPSA) is 9.72 Å². The lowest BCUT2D eigenvalue weighted by molar-refractivity contribution is 0.591. The smallest absolute Gasteiger partial charge is 0.252 e. The molecule has 9 aromatic carbocycles. The lowest BCUT2D eigenvalue weighted by atomic mass is 9.33. The molecule has 0 saturated carbocycles. The Hall–Kier alpha value is -7.82. The van der Waals surface area contributed by atoms with E-state index in [2.05, 4.69) is 251 Å². The highest BCUT2D eigenvalue weighted by Gasteiger charge is 2.45. The average Bonchev–Trinajstić information content (AvgIpc) is 3.33. The third-order valence-corrected chi connectivity index (χ3v) is 13.6. The Morgan fingerprint density at radius 2 is 1.06 bits per heavy atom. The van der Waals surface area contributed by atoms with Gasteiger partial charge in [0.1, 0.15) is 0 Å². The highest BCUT2D eigenvalue weighted by molar-refractivity contribution is 7.00. The lowest BCUT2D eigenvalue weighted by Gasteiger charge is -2.45. The average molecular weight is 850 g/mol. The Labute approximate surface area is 390 Å². The van der Waals surface area contributed by atoms with Crippen LogP contribution in [-0.2, 0) is 5.41 Å². The molecule has 4 heteroatoms. The number of para-hydroxylation sites is 1. The van der Waals surface area contributed by atoms with Crippen molar-refractivity contribution in [2.45, 2.75) is 40.0 Å². The molecular weight excluding hydrogens is 798 g/mol. The Morgan fingerprint density at radius 3 is 1.70 bits per heavy atom. The summed E-state index contributed by atoms with van der Waals surface area (Å²) < 4.78 is 0. The van der Waals surface area contributed by atoms with E-state index in [1.807, 2.05) is 12.2 Å². The number of aryl methyl sites for hydroxylation is 2. The van der Waals surface area contributed by atoms with Crippen molar-refractivity contribution in [1.29, 1.82) is 0 Å². The molecular formula is C62H52BN3. The highest BCUT2D eigenvalue weighted by atomic mass is 15.2. The zero-order chi connectivity index (χ0) is 45.3. The summed E-state index contributed by atoms with van der Waals surface area (Å²) in [6.07, 6.45) is 5.87. The van der Waals surface area contributed by atoms with Crippen LogP contribution in [0.1, 0.15) is 43.0 Å². The number of hydrogen-bond acceptors (Lipinski definition) is 3. The van der Waals surface area contributed by atoms with Crippen LogP contribution in [0.3, 0.4) is 0 Å². The first kappa shape index (κ1) is 40.9. The molecule has 0 spiro atoms. The zero-order valence-electron chi connectivity index (χ0n) is 38.4. The van der Waals surface area contributed by atoms with E-state index in [0.717, 1.165) is 56.6 Å². The predicted molar refractivity (Wildman–Crippen MR) is 287 cm³/mol.